The summed E-state index contributed by atoms with van der Waals surface area (Å²) in [6.07, 6.45) is 2.78. The molecule has 1 saturated heterocycles. The summed E-state index contributed by atoms with van der Waals surface area (Å²) >= 11 is 0. The highest BCUT2D eigenvalue weighted by Gasteiger charge is 2.26. The number of amides is 1. The second-order valence-corrected chi connectivity index (χ2v) is 7.01. The van der Waals surface area contributed by atoms with Crippen molar-refractivity contribution in [3.63, 3.8) is 0 Å². The van der Waals surface area contributed by atoms with Gasteiger partial charge in [-0.3, -0.25) is 19.5 Å². The molecule has 8 heteroatoms. The molecule has 2 aliphatic rings. The van der Waals surface area contributed by atoms with Crippen LogP contribution in [0.3, 0.4) is 0 Å². The minimum absolute atomic E-state index is 0.225. The maximum Gasteiger partial charge on any atom is 0.274 e. The monoisotopic (exact) mass is 369 g/mol. The van der Waals surface area contributed by atoms with Crippen LogP contribution in [-0.2, 0) is 11.3 Å². The number of hydrogen-bond acceptors (Lipinski definition) is 5. The van der Waals surface area contributed by atoms with Crippen molar-refractivity contribution in [2.75, 3.05) is 19.7 Å². The summed E-state index contributed by atoms with van der Waals surface area (Å²) in [6.45, 7) is 6.55. The van der Waals surface area contributed by atoms with E-state index in [-0.39, 0.29) is 17.5 Å². The zero-order valence-corrected chi connectivity index (χ0v) is 15.1. The third-order valence-corrected chi connectivity index (χ3v) is 5.24. The first kappa shape index (κ1) is 17.5. The molecule has 1 aromatic heterocycles. The number of likely N-dealkylation sites (tertiary alicyclic amines) is 1. The Labute approximate surface area is 156 Å². The number of carbonyl (C=O) groups is 1. The van der Waals surface area contributed by atoms with Gasteiger partial charge in [0.1, 0.15) is 11.1 Å². The molecule has 1 amide bonds. The summed E-state index contributed by atoms with van der Waals surface area (Å²) in [7, 11) is 0. The fourth-order valence-corrected chi connectivity index (χ4v) is 3.77. The third kappa shape index (κ3) is 3.40. The molecule has 1 fully saturated rings. The molecule has 1 atom stereocenters. The lowest BCUT2D eigenvalue weighted by molar-refractivity contribution is -0.123. The maximum absolute atomic E-state index is 11.7. The molecular weight excluding hydrogens is 346 g/mol. The van der Waals surface area contributed by atoms with E-state index in [0.717, 1.165) is 37.2 Å². The summed E-state index contributed by atoms with van der Waals surface area (Å²) < 4.78 is 7.62. The molecule has 0 spiro atoms. The average Bonchev–Trinajstić information content (AvgIpc) is 3.26. The summed E-state index contributed by atoms with van der Waals surface area (Å²) in [4.78, 5) is 32.8. The maximum atomic E-state index is 11.7. The Morgan fingerprint density at radius 1 is 1.37 bits per heavy atom. The Bertz CT molecular complexity index is 1030. The summed E-state index contributed by atoms with van der Waals surface area (Å²) in [6, 6.07) is 5.36. The van der Waals surface area contributed by atoms with Crippen LogP contribution in [0.25, 0.3) is 6.58 Å². The predicted molar refractivity (Wildman–Crippen MR) is 100 cm³/mol. The van der Waals surface area contributed by atoms with Crippen LogP contribution in [0.2, 0.25) is 0 Å². The van der Waals surface area contributed by atoms with E-state index in [1.807, 2.05) is 18.2 Å². The number of nitrogens with zero attached hydrogens (tertiary/aromatic N) is 3. The number of fused-ring (bicyclic) bond motifs is 2. The molecule has 0 radical (unpaired) electrons. The molecule has 27 heavy (non-hydrogen) atoms. The van der Waals surface area contributed by atoms with Gasteiger partial charge in [0.25, 0.3) is 5.56 Å². The van der Waals surface area contributed by atoms with E-state index in [2.05, 4.69) is 21.5 Å². The van der Waals surface area contributed by atoms with E-state index in [9.17, 15) is 9.59 Å². The Balaban J connectivity index is 1.44. The van der Waals surface area contributed by atoms with Gasteiger partial charge in [0.15, 0.2) is 0 Å². The van der Waals surface area contributed by atoms with Crippen LogP contribution in [0.15, 0.2) is 28.0 Å². The van der Waals surface area contributed by atoms with Crippen molar-refractivity contribution < 1.29 is 9.53 Å². The van der Waals surface area contributed by atoms with E-state index in [4.69, 9.17) is 10.5 Å². The number of benzene rings is 1. The molecule has 3 heterocycles. The normalized spacial score (nSPS) is 17.0. The Hall–Kier alpha value is -2.87. The molecule has 8 nitrogen and oxygen atoms in total. The topological polar surface area (TPSA) is 106 Å². The highest BCUT2D eigenvalue weighted by atomic mass is 16.5. The van der Waals surface area contributed by atoms with E-state index >= 15 is 0 Å². The molecular formula is C19H23N5O3. The number of rotatable bonds is 6. The van der Waals surface area contributed by atoms with Crippen LogP contribution in [0.1, 0.15) is 24.8 Å². The van der Waals surface area contributed by atoms with Crippen LogP contribution in [-0.4, -0.2) is 46.1 Å². The molecule has 0 bridgehead atoms. The van der Waals surface area contributed by atoms with Gasteiger partial charge in [-0.1, -0.05) is 6.58 Å². The van der Waals surface area contributed by atoms with Crippen LogP contribution in [0.5, 0.6) is 5.75 Å². The average molecular weight is 369 g/mol. The Morgan fingerprint density at radius 3 is 2.89 bits per heavy atom. The number of nitrogens with two attached hydrogens (primary N) is 1. The molecule has 1 unspecified atom stereocenters. The quantitative estimate of drug-likeness (QED) is 0.618. The molecule has 1 aromatic carbocycles. The van der Waals surface area contributed by atoms with E-state index in [1.54, 1.807) is 4.57 Å². The van der Waals surface area contributed by atoms with Crippen molar-refractivity contribution in [3.05, 3.63) is 45.1 Å². The van der Waals surface area contributed by atoms with Crippen LogP contribution < -0.4 is 27.0 Å². The van der Waals surface area contributed by atoms with Gasteiger partial charge in [0.2, 0.25) is 11.5 Å². The number of aromatic nitrogens is 2. The zero-order chi connectivity index (χ0) is 19.0. The van der Waals surface area contributed by atoms with Crippen molar-refractivity contribution in [2.24, 2.45) is 10.7 Å². The highest BCUT2D eigenvalue weighted by Crippen LogP contribution is 2.26. The molecule has 0 aliphatic carbocycles. The van der Waals surface area contributed by atoms with E-state index in [0.29, 0.717) is 36.3 Å². The van der Waals surface area contributed by atoms with Crippen molar-refractivity contribution in [1.29, 1.82) is 0 Å². The second kappa shape index (κ2) is 7.03. The smallest absolute Gasteiger partial charge is 0.274 e. The molecule has 3 N–H and O–H groups in total. The number of nitrogens with one attached hydrogen (secondary N) is 1. The highest BCUT2D eigenvalue weighted by molar-refractivity contribution is 5.79. The number of H-pyrrole nitrogens is 1. The van der Waals surface area contributed by atoms with Gasteiger partial charge >= 0.3 is 0 Å². The number of hydrogen-bond donors (Lipinski definition) is 2. The van der Waals surface area contributed by atoms with Crippen LogP contribution >= 0.6 is 0 Å². The number of carbonyl (C=O) groups excluding carboxylic acids is 1. The fraction of sp³-hybridized carbons (Fsp3) is 0.421. The zero-order valence-electron chi connectivity index (χ0n) is 15.1. The van der Waals surface area contributed by atoms with Crippen molar-refractivity contribution in [1.82, 2.24) is 14.5 Å². The predicted octanol–water partition coefficient (Wildman–Crippen LogP) is -0.382. The van der Waals surface area contributed by atoms with Crippen LogP contribution in [0, 0.1) is 0 Å². The van der Waals surface area contributed by atoms with Gasteiger partial charge < -0.3 is 15.0 Å². The van der Waals surface area contributed by atoms with E-state index < -0.39 is 0 Å². The van der Waals surface area contributed by atoms with Gasteiger partial charge in [-0.05, 0) is 44.1 Å². The fourth-order valence-electron chi connectivity index (χ4n) is 3.77. The summed E-state index contributed by atoms with van der Waals surface area (Å²) in [5.74, 6) is 0.415. The lowest BCUT2D eigenvalue weighted by Gasteiger charge is -2.24. The lowest BCUT2D eigenvalue weighted by Crippen LogP contribution is -2.44. The second-order valence-electron chi connectivity index (χ2n) is 7.01. The van der Waals surface area contributed by atoms with Gasteiger partial charge in [0.05, 0.1) is 24.9 Å². The van der Waals surface area contributed by atoms with Crippen LogP contribution in [0.4, 0.5) is 5.69 Å². The Morgan fingerprint density at radius 2 is 2.15 bits per heavy atom. The first-order valence-electron chi connectivity index (χ1n) is 9.18. The SMILES string of the molecule is C=c1c(=O)[nH]c2n1Cc1cc(OCCC(C(N)=O)N3CCCC3)ccc1N=2. The summed E-state index contributed by atoms with van der Waals surface area (Å²) in [5.41, 5.74) is 7.61. The standard InChI is InChI=1S/C19H23N5O3/c1-12-18(26)22-19-21-15-5-4-14(10-13(15)11-24(12)19)27-9-6-16(17(20)25)23-7-2-3-8-23/h4-5,10,16H,1-3,6-9,11H2,(H2,20,25)(H,21,22,26). The van der Waals surface area contributed by atoms with Crippen molar-refractivity contribution in [2.45, 2.75) is 31.8 Å². The van der Waals surface area contributed by atoms with Crippen molar-refractivity contribution in [3.8, 4) is 5.75 Å². The largest absolute Gasteiger partial charge is 0.494 e. The number of imidazole rings is 1. The van der Waals surface area contributed by atoms with E-state index in [1.165, 1.54) is 0 Å². The molecule has 2 aromatic rings. The molecule has 4 rings (SSSR count). The first-order chi connectivity index (χ1) is 13.0. The summed E-state index contributed by atoms with van der Waals surface area (Å²) in [5, 5.41) is 0.389. The van der Waals surface area contributed by atoms with Gasteiger partial charge in [-0.2, -0.15) is 0 Å². The van der Waals surface area contributed by atoms with Gasteiger partial charge in [0, 0.05) is 12.0 Å². The number of primary amides is 1. The minimum atomic E-state index is -0.294. The van der Waals surface area contributed by atoms with Gasteiger partial charge in [-0.25, -0.2) is 4.99 Å². The van der Waals surface area contributed by atoms with Crippen molar-refractivity contribution >= 4 is 18.2 Å². The molecule has 2 aliphatic heterocycles. The number of aromatic amines is 1. The Kier molecular flexibility index (Phi) is 4.57. The molecule has 142 valence electrons. The minimum Gasteiger partial charge on any atom is -0.494 e. The lowest BCUT2D eigenvalue weighted by atomic mass is 10.1. The van der Waals surface area contributed by atoms with Gasteiger partial charge in [-0.15, -0.1) is 0 Å². The number of ether oxygens (including phenoxy) is 1. The first-order valence-corrected chi connectivity index (χ1v) is 9.18. The molecule has 0 saturated carbocycles. The third-order valence-electron chi connectivity index (χ3n) is 5.24.